The van der Waals surface area contributed by atoms with E-state index < -0.39 is 10.0 Å². The maximum absolute atomic E-state index is 11.7. The summed E-state index contributed by atoms with van der Waals surface area (Å²) in [5.41, 5.74) is 0.00145. The molecule has 0 saturated heterocycles. The summed E-state index contributed by atoms with van der Waals surface area (Å²) in [5.74, 6) is 0.163. The van der Waals surface area contributed by atoms with E-state index in [0.29, 0.717) is 13.1 Å². The summed E-state index contributed by atoms with van der Waals surface area (Å²) in [6.07, 6.45) is 0. The average molecular weight is 222 g/mol. The fourth-order valence-electron chi connectivity index (χ4n) is 1.15. The second-order valence-electron chi connectivity index (χ2n) is 4.74. The third-order valence-corrected chi connectivity index (χ3v) is 3.58. The van der Waals surface area contributed by atoms with Crippen molar-refractivity contribution in [3.63, 3.8) is 0 Å². The monoisotopic (exact) mass is 222 g/mol. The maximum atomic E-state index is 11.7. The molecule has 0 aliphatic heterocycles. The van der Waals surface area contributed by atoms with Crippen LogP contribution in [0, 0.1) is 5.41 Å². The van der Waals surface area contributed by atoms with E-state index in [1.165, 1.54) is 4.31 Å². The molecule has 0 rings (SSSR count). The Morgan fingerprint density at radius 3 is 2.14 bits per heavy atom. The quantitative estimate of drug-likeness (QED) is 0.737. The van der Waals surface area contributed by atoms with E-state index >= 15 is 0 Å². The van der Waals surface area contributed by atoms with Crippen molar-refractivity contribution in [3.05, 3.63) is 0 Å². The highest BCUT2D eigenvalue weighted by molar-refractivity contribution is 7.89. The Hall–Kier alpha value is -0.130. The first kappa shape index (κ1) is 13.9. The van der Waals surface area contributed by atoms with Crippen molar-refractivity contribution in [1.82, 2.24) is 9.62 Å². The summed E-state index contributed by atoms with van der Waals surface area (Å²) in [6, 6.07) is 0. The van der Waals surface area contributed by atoms with Crippen LogP contribution in [-0.2, 0) is 10.0 Å². The fourth-order valence-corrected chi connectivity index (χ4v) is 2.51. The average Bonchev–Trinajstić information content (AvgIpc) is 1.97. The van der Waals surface area contributed by atoms with Crippen molar-refractivity contribution in [2.24, 2.45) is 5.41 Å². The molecule has 1 N–H and O–H groups in total. The molecule has 0 aromatic carbocycles. The highest BCUT2D eigenvalue weighted by atomic mass is 32.2. The van der Waals surface area contributed by atoms with E-state index in [2.05, 4.69) is 5.32 Å². The fraction of sp³-hybridized carbons (Fsp3) is 1.00. The van der Waals surface area contributed by atoms with Crippen LogP contribution in [0.2, 0.25) is 0 Å². The highest BCUT2D eigenvalue weighted by Gasteiger charge is 2.22. The van der Waals surface area contributed by atoms with Gasteiger partial charge in [-0.3, -0.25) is 0 Å². The largest absolute Gasteiger partial charge is 0.319 e. The van der Waals surface area contributed by atoms with Gasteiger partial charge in [0.15, 0.2) is 0 Å². The van der Waals surface area contributed by atoms with Gasteiger partial charge in [-0.25, -0.2) is 12.7 Å². The molecule has 86 valence electrons. The first-order valence-electron chi connectivity index (χ1n) is 4.78. The van der Waals surface area contributed by atoms with Gasteiger partial charge in [0.25, 0.3) is 0 Å². The van der Waals surface area contributed by atoms with E-state index in [1.807, 2.05) is 20.8 Å². The molecular formula is C9H22N2O2S. The number of hydrogen-bond donors (Lipinski definition) is 1. The Morgan fingerprint density at radius 2 is 1.79 bits per heavy atom. The lowest BCUT2D eigenvalue weighted by Crippen LogP contribution is -2.37. The van der Waals surface area contributed by atoms with Crippen LogP contribution in [0.4, 0.5) is 0 Å². The zero-order valence-corrected chi connectivity index (χ0v) is 10.6. The Kier molecular flexibility index (Phi) is 5.05. The van der Waals surface area contributed by atoms with E-state index in [1.54, 1.807) is 14.1 Å². The van der Waals surface area contributed by atoms with Crippen molar-refractivity contribution in [2.75, 3.05) is 32.9 Å². The minimum atomic E-state index is -3.08. The van der Waals surface area contributed by atoms with Crippen LogP contribution < -0.4 is 5.32 Å². The maximum Gasteiger partial charge on any atom is 0.215 e. The lowest BCUT2D eigenvalue weighted by Gasteiger charge is -2.25. The van der Waals surface area contributed by atoms with Gasteiger partial charge in [-0.15, -0.1) is 0 Å². The zero-order valence-electron chi connectivity index (χ0n) is 9.79. The van der Waals surface area contributed by atoms with Crippen molar-refractivity contribution < 1.29 is 8.42 Å². The SMILES string of the molecule is CNCCS(=O)(=O)N(C)CC(C)(C)C. The van der Waals surface area contributed by atoms with Crippen LogP contribution in [0.3, 0.4) is 0 Å². The topological polar surface area (TPSA) is 49.4 Å². The van der Waals surface area contributed by atoms with Gasteiger partial charge in [-0.05, 0) is 12.5 Å². The van der Waals surface area contributed by atoms with E-state index in [4.69, 9.17) is 0 Å². The molecule has 0 aliphatic rings. The molecule has 0 fully saturated rings. The predicted molar refractivity (Wildman–Crippen MR) is 59.8 cm³/mol. The molecule has 14 heavy (non-hydrogen) atoms. The molecule has 0 saturated carbocycles. The second kappa shape index (κ2) is 5.09. The molecule has 0 spiro atoms. The smallest absolute Gasteiger partial charge is 0.215 e. The molecule has 0 atom stereocenters. The van der Waals surface area contributed by atoms with Crippen molar-refractivity contribution in [3.8, 4) is 0 Å². The van der Waals surface area contributed by atoms with E-state index in [9.17, 15) is 8.42 Å². The molecule has 0 unspecified atom stereocenters. The Labute approximate surface area is 87.7 Å². The van der Waals surface area contributed by atoms with Gasteiger partial charge in [-0.2, -0.15) is 0 Å². The number of hydrogen-bond acceptors (Lipinski definition) is 3. The van der Waals surface area contributed by atoms with Crippen molar-refractivity contribution in [2.45, 2.75) is 20.8 Å². The predicted octanol–water partition coefficient (Wildman–Crippen LogP) is 0.513. The number of nitrogens with one attached hydrogen (secondary N) is 1. The molecule has 0 heterocycles. The van der Waals surface area contributed by atoms with Crippen LogP contribution in [0.5, 0.6) is 0 Å². The first-order valence-corrected chi connectivity index (χ1v) is 6.38. The van der Waals surface area contributed by atoms with Gasteiger partial charge >= 0.3 is 0 Å². The first-order chi connectivity index (χ1) is 6.19. The minimum Gasteiger partial charge on any atom is -0.319 e. The van der Waals surface area contributed by atoms with Gasteiger partial charge in [0.05, 0.1) is 5.75 Å². The van der Waals surface area contributed by atoms with Crippen LogP contribution in [0.25, 0.3) is 0 Å². The standard InChI is InChI=1S/C9H22N2O2S/c1-9(2,3)8-11(5)14(12,13)7-6-10-4/h10H,6-8H2,1-5H3. The van der Waals surface area contributed by atoms with Crippen molar-refractivity contribution in [1.29, 1.82) is 0 Å². The van der Waals surface area contributed by atoms with Crippen LogP contribution >= 0.6 is 0 Å². The summed E-state index contributed by atoms with van der Waals surface area (Å²) in [4.78, 5) is 0. The van der Waals surface area contributed by atoms with Crippen LogP contribution in [0.15, 0.2) is 0 Å². The summed E-state index contributed by atoms with van der Waals surface area (Å²) in [7, 11) is 0.300. The Balaban J connectivity index is 4.30. The zero-order chi connectivity index (χ0) is 11.4. The number of nitrogens with zero attached hydrogens (tertiary/aromatic N) is 1. The summed E-state index contributed by atoms with van der Waals surface area (Å²) in [5, 5.41) is 2.84. The van der Waals surface area contributed by atoms with E-state index in [0.717, 1.165) is 0 Å². The van der Waals surface area contributed by atoms with E-state index in [-0.39, 0.29) is 11.2 Å². The number of rotatable bonds is 5. The normalized spacial score (nSPS) is 13.6. The van der Waals surface area contributed by atoms with Gasteiger partial charge in [-0.1, -0.05) is 20.8 Å². The molecule has 0 radical (unpaired) electrons. The molecule has 5 heteroatoms. The third kappa shape index (κ3) is 5.57. The molecule has 0 bridgehead atoms. The molecule has 4 nitrogen and oxygen atoms in total. The second-order valence-corrected chi connectivity index (χ2v) is 6.93. The number of sulfonamides is 1. The molecule has 0 aromatic heterocycles. The molecule has 0 aliphatic carbocycles. The van der Waals surface area contributed by atoms with Crippen LogP contribution in [-0.4, -0.2) is 45.7 Å². The molecule has 0 amide bonds. The summed E-state index contributed by atoms with van der Waals surface area (Å²) < 4.78 is 24.7. The summed E-state index contributed by atoms with van der Waals surface area (Å²) >= 11 is 0. The third-order valence-electron chi connectivity index (χ3n) is 1.78. The van der Waals surface area contributed by atoms with Crippen molar-refractivity contribution >= 4 is 10.0 Å². The van der Waals surface area contributed by atoms with Gasteiger partial charge < -0.3 is 5.32 Å². The molecule has 0 aromatic rings. The Morgan fingerprint density at radius 1 is 1.29 bits per heavy atom. The lowest BCUT2D eigenvalue weighted by atomic mass is 9.97. The summed E-state index contributed by atoms with van der Waals surface area (Å²) in [6.45, 7) is 7.13. The van der Waals surface area contributed by atoms with Crippen LogP contribution in [0.1, 0.15) is 20.8 Å². The minimum absolute atomic E-state index is 0.00145. The lowest BCUT2D eigenvalue weighted by molar-refractivity contribution is 0.311. The Bertz CT molecular complexity index is 254. The van der Waals surface area contributed by atoms with Gasteiger partial charge in [0.2, 0.25) is 10.0 Å². The molecular weight excluding hydrogens is 200 g/mol. The van der Waals surface area contributed by atoms with Gasteiger partial charge in [0, 0.05) is 20.1 Å². The highest BCUT2D eigenvalue weighted by Crippen LogP contribution is 2.16. The van der Waals surface area contributed by atoms with Gasteiger partial charge in [0.1, 0.15) is 0 Å².